The quantitative estimate of drug-likeness (QED) is 0.698. The summed E-state index contributed by atoms with van der Waals surface area (Å²) < 4.78 is 0. The van der Waals surface area contributed by atoms with Gasteiger partial charge in [0.15, 0.2) is 0 Å². The third-order valence-corrected chi connectivity index (χ3v) is 6.78. The van der Waals surface area contributed by atoms with Crippen molar-refractivity contribution in [3.63, 3.8) is 0 Å². The molecule has 2 aliphatic heterocycles. The van der Waals surface area contributed by atoms with Crippen LogP contribution in [0, 0.1) is 11.3 Å². The molecule has 1 amide bonds. The summed E-state index contributed by atoms with van der Waals surface area (Å²) in [4.78, 5) is 27.1. The molecule has 0 aromatic heterocycles. The highest BCUT2D eigenvalue weighted by molar-refractivity contribution is 6.45. The van der Waals surface area contributed by atoms with E-state index in [0.29, 0.717) is 16.6 Å². The van der Waals surface area contributed by atoms with Crippen molar-refractivity contribution >= 4 is 23.3 Å². The Kier molecular flexibility index (Phi) is 2.72. The number of hydrogen-bond acceptors (Lipinski definition) is 3. The SMILES string of the molecule is CC1C2CC3=C(CCC4=C3C(=O)C(=O)N/C=C(/Cl)C41C)N2C. The molecule has 2 aliphatic carbocycles. The summed E-state index contributed by atoms with van der Waals surface area (Å²) in [6, 6.07) is 0.325. The van der Waals surface area contributed by atoms with E-state index in [0.717, 1.165) is 30.4 Å². The van der Waals surface area contributed by atoms with Crippen LogP contribution in [0.1, 0.15) is 33.1 Å². The van der Waals surface area contributed by atoms with Crippen molar-refractivity contribution in [2.45, 2.75) is 39.2 Å². The van der Waals surface area contributed by atoms with E-state index in [-0.39, 0.29) is 5.92 Å². The zero-order valence-corrected chi connectivity index (χ0v) is 13.8. The average Bonchev–Trinajstić information content (AvgIpc) is 2.82. The molecule has 0 saturated carbocycles. The summed E-state index contributed by atoms with van der Waals surface area (Å²) in [6.45, 7) is 4.33. The van der Waals surface area contributed by atoms with Gasteiger partial charge in [0, 0.05) is 41.0 Å². The molecule has 0 fully saturated rings. The van der Waals surface area contributed by atoms with Crippen molar-refractivity contribution in [2.24, 2.45) is 11.3 Å². The van der Waals surface area contributed by atoms with E-state index in [1.54, 1.807) is 0 Å². The molecule has 5 bridgehead atoms. The number of nitrogens with zero attached hydrogens (tertiary/aromatic N) is 1. The predicted molar refractivity (Wildman–Crippen MR) is 83.8 cm³/mol. The van der Waals surface area contributed by atoms with Gasteiger partial charge in [-0.25, -0.2) is 0 Å². The third-order valence-electron chi connectivity index (χ3n) is 6.27. The number of likely N-dealkylation sites (tertiary alicyclic amines) is 1. The molecule has 22 heavy (non-hydrogen) atoms. The van der Waals surface area contributed by atoms with Gasteiger partial charge in [0.2, 0.25) is 0 Å². The van der Waals surface area contributed by atoms with Crippen LogP contribution in [0.2, 0.25) is 0 Å². The summed E-state index contributed by atoms with van der Waals surface area (Å²) in [5.74, 6) is -0.719. The number of amides is 1. The lowest BCUT2D eigenvalue weighted by molar-refractivity contribution is -0.135. The van der Waals surface area contributed by atoms with Crippen LogP contribution in [0.25, 0.3) is 0 Å². The van der Waals surface area contributed by atoms with Crippen LogP contribution in [0.5, 0.6) is 0 Å². The number of carbonyl (C=O) groups is 2. The predicted octanol–water partition coefficient (Wildman–Crippen LogP) is 2.47. The number of halogens is 1. The number of nitrogens with one attached hydrogen (secondary N) is 1. The molecule has 3 unspecified atom stereocenters. The van der Waals surface area contributed by atoms with E-state index in [1.807, 2.05) is 0 Å². The molecule has 4 nitrogen and oxygen atoms in total. The van der Waals surface area contributed by atoms with Gasteiger partial charge >= 0.3 is 0 Å². The van der Waals surface area contributed by atoms with Crippen LogP contribution >= 0.6 is 11.6 Å². The molecule has 0 saturated heterocycles. The molecule has 2 heterocycles. The van der Waals surface area contributed by atoms with Crippen molar-refractivity contribution in [3.8, 4) is 0 Å². The maximum Gasteiger partial charge on any atom is 0.296 e. The maximum absolute atomic E-state index is 12.7. The van der Waals surface area contributed by atoms with Crippen LogP contribution < -0.4 is 5.32 Å². The van der Waals surface area contributed by atoms with E-state index in [4.69, 9.17) is 11.6 Å². The van der Waals surface area contributed by atoms with E-state index >= 15 is 0 Å². The second-order valence-corrected chi connectivity index (χ2v) is 7.35. The fourth-order valence-electron chi connectivity index (χ4n) is 4.79. The highest BCUT2D eigenvalue weighted by atomic mass is 35.5. The molecule has 116 valence electrons. The van der Waals surface area contributed by atoms with E-state index < -0.39 is 17.1 Å². The number of hydrogen-bond donors (Lipinski definition) is 1. The van der Waals surface area contributed by atoms with Crippen LogP contribution in [-0.4, -0.2) is 29.7 Å². The third kappa shape index (κ3) is 1.44. The first-order chi connectivity index (χ1) is 10.4. The van der Waals surface area contributed by atoms with Crippen molar-refractivity contribution in [2.75, 3.05) is 7.05 Å². The first kappa shape index (κ1) is 14.1. The minimum atomic E-state index is -0.581. The van der Waals surface area contributed by atoms with Gasteiger partial charge in [-0.05, 0) is 36.3 Å². The van der Waals surface area contributed by atoms with Crippen LogP contribution in [-0.2, 0) is 9.59 Å². The topological polar surface area (TPSA) is 49.4 Å². The molecule has 0 spiro atoms. The van der Waals surface area contributed by atoms with Gasteiger partial charge in [-0.15, -0.1) is 0 Å². The van der Waals surface area contributed by atoms with Crippen molar-refractivity contribution in [1.82, 2.24) is 10.2 Å². The fraction of sp³-hybridized carbons (Fsp3) is 0.529. The van der Waals surface area contributed by atoms with Gasteiger partial charge in [0.1, 0.15) is 0 Å². The Balaban J connectivity index is 2.09. The monoisotopic (exact) mass is 318 g/mol. The van der Waals surface area contributed by atoms with Crippen LogP contribution in [0.4, 0.5) is 0 Å². The smallest absolute Gasteiger partial charge is 0.296 e. The number of rotatable bonds is 0. The Hall–Kier alpha value is -1.55. The summed E-state index contributed by atoms with van der Waals surface area (Å²) in [6.07, 6.45) is 4.09. The molecule has 1 N–H and O–H groups in total. The first-order valence-electron chi connectivity index (χ1n) is 7.77. The lowest BCUT2D eigenvalue weighted by atomic mass is 9.65. The molecule has 5 heteroatoms. The Morgan fingerprint density at radius 3 is 2.82 bits per heavy atom. The van der Waals surface area contributed by atoms with Gasteiger partial charge in [-0.2, -0.15) is 0 Å². The number of Topliss-reactive ketones (excluding diaryl/α,β-unsaturated/α-hetero) is 1. The Bertz CT molecular complexity index is 718. The van der Waals surface area contributed by atoms with Crippen LogP contribution in [0.3, 0.4) is 0 Å². The molecule has 4 rings (SSSR count). The summed E-state index contributed by atoms with van der Waals surface area (Å²) in [5.41, 5.74) is 3.63. The van der Waals surface area contributed by atoms with Crippen LogP contribution in [0.15, 0.2) is 33.6 Å². The molecule has 0 radical (unpaired) electrons. The Morgan fingerprint density at radius 2 is 2.09 bits per heavy atom. The zero-order valence-electron chi connectivity index (χ0n) is 13.0. The first-order valence-corrected chi connectivity index (χ1v) is 8.15. The lowest BCUT2D eigenvalue weighted by Gasteiger charge is -2.47. The van der Waals surface area contributed by atoms with Crippen molar-refractivity contribution < 1.29 is 9.59 Å². The highest BCUT2D eigenvalue weighted by Crippen LogP contribution is 2.59. The van der Waals surface area contributed by atoms with E-state index in [9.17, 15) is 9.59 Å². The van der Waals surface area contributed by atoms with Crippen molar-refractivity contribution in [3.05, 3.63) is 33.6 Å². The van der Waals surface area contributed by atoms with Gasteiger partial charge in [-0.1, -0.05) is 25.4 Å². The fourth-order valence-corrected chi connectivity index (χ4v) is 5.13. The average molecular weight is 319 g/mol. The summed E-state index contributed by atoms with van der Waals surface area (Å²) in [7, 11) is 2.10. The number of carbonyl (C=O) groups excluding carboxylic acids is 2. The molecule has 0 aromatic carbocycles. The Morgan fingerprint density at radius 1 is 1.36 bits per heavy atom. The molecule has 0 aromatic rings. The van der Waals surface area contributed by atoms with E-state index in [1.165, 1.54) is 11.9 Å². The minimum Gasteiger partial charge on any atom is -0.374 e. The largest absolute Gasteiger partial charge is 0.374 e. The second kappa shape index (κ2) is 4.25. The Labute approximate surface area is 134 Å². The molecular formula is C17H19ClN2O2. The number of ketones is 1. The molecular weight excluding hydrogens is 300 g/mol. The molecule has 4 aliphatic rings. The van der Waals surface area contributed by atoms with Crippen molar-refractivity contribution in [1.29, 1.82) is 0 Å². The number of fused-ring (bicyclic) bond motifs is 1. The van der Waals surface area contributed by atoms with E-state index in [2.05, 4.69) is 31.1 Å². The zero-order chi connectivity index (χ0) is 15.8. The summed E-state index contributed by atoms with van der Waals surface area (Å²) >= 11 is 6.62. The normalized spacial score (nSPS) is 39.5. The second-order valence-electron chi connectivity index (χ2n) is 6.95. The standard InChI is InChI=1S/C17H19ClN2O2/c1-8-12-6-9-11(20(12)3)5-4-10-14(9)15(21)16(22)19-7-13(18)17(8,10)2/h7-8,12H,4-6H2,1-3H3,(H,19,22)/b13-7+. The lowest BCUT2D eigenvalue weighted by Crippen LogP contribution is -2.46. The molecule has 3 atom stereocenters. The highest BCUT2D eigenvalue weighted by Gasteiger charge is 2.54. The van der Waals surface area contributed by atoms with Gasteiger partial charge in [-0.3, -0.25) is 9.59 Å². The van der Waals surface area contributed by atoms with Gasteiger partial charge < -0.3 is 10.2 Å². The summed E-state index contributed by atoms with van der Waals surface area (Å²) in [5, 5.41) is 3.19. The van der Waals surface area contributed by atoms with Gasteiger partial charge in [0.05, 0.1) is 0 Å². The number of allylic oxidation sites excluding steroid dienone is 3. The van der Waals surface area contributed by atoms with Gasteiger partial charge in [0.25, 0.3) is 11.7 Å². The minimum absolute atomic E-state index is 0.268. The maximum atomic E-state index is 12.7.